The summed E-state index contributed by atoms with van der Waals surface area (Å²) in [6, 6.07) is 0. The van der Waals surface area contributed by atoms with Crippen molar-refractivity contribution >= 4 is 5.91 Å². The molecule has 0 saturated carbocycles. The van der Waals surface area contributed by atoms with Gasteiger partial charge in [0.25, 0.3) is 0 Å². The van der Waals surface area contributed by atoms with Gasteiger partial charge in [-0.3, -0.25) is 14.3 Å². The average Bonchev–Trinajstić information content (AvgIpc) is 2.84. The third kappa shape index (κ3) is 6.30. The van der Waals surface area contributed by atoms with Gasteiger partial charge < -0.3 is 9.64 Å². The van der Waals surface area contributed by atoms with Crippen LogP contribution in [0, 0.1) is 0 Å². The number of piperazine rings is 1. The molecule has 3 heterocycles. The molecule has 0 N–H and O–H groups in total. The van der Waals surface area contributed by atoms with Gasteiger partial charge in [0.2, 0.25) is 5.91 Å². The summed E-state index contributed by atoms with van der Waals surface area (Å²) in [5.41, 5.74) is -0.215. The highest BCUT2D eigenvalue weighted by atomic mass is 19.4. The minimum atomic E-state index is -4.29. The predicted molar refractivity (Wildman–Crippen MR) is 98.6 cm³/mol. The number of ether oxygens (including phenoxy) is 1. The third-order valence-electron chi connectivity index (χ3n) is 5.32. The van der Waals surface area contributed by atoms with Crippen molar-refractivity contribution < 1.29 is 22.7 Å². The number of carbonyl (C=O) groups is 1. The van der Waals surface area contributed by atoms with Gasteiger partial charge in [0, 0.05) is 52.3 Å². The Balaban J connectivity index is 1.40. The van der Waals surface area contributed by atoms with Crippen LogP contribution in [0.4, 0.5) is 13.2 Å². The number of nitrogens with zero attached hydrogens (tertiary/aromatic N) is 5. The molecule has 11 heteroatoms. The first-order valence-electron chi connectivity index (χ1n) is 10.1. The van der Waals surface area contributed by atoms with E-state index in [4.69, 9.17) is 0 Å². The lowest BCUT2D eigenvalue weighted by Crippen LogP contribution is -2.50. The van der Waals surface area contributed by atoms with E-state index < -0.39 is 12.8 Å². The van der Waals surface area contributed by atoms with Crippen molar-refractivity contribution in [1.82, 2.24) is 24.1 Å². The lowest BCUT2D eigenvalue weighted by Gasteiger charge is -2.34. The summed E-state index contributed by atoms with van der Waals surface area (Å²) in [6.07, 6.45) is 0.0345. The maximum absolute atomic E-state index is 12.6. The summed E-state index contributed by atoms with van der Waals surface area (Å²) in [7, 11) is 0. The summed E-state index contributed by atoms with van der Waals surface area (Å²) in [5.74, 6) is 0.631. The molecule has 2 aliphatic heterocycles. The van der Waals surface area contributed by atoms with E-state index >= 15 is 0 Å². The van der Waals surface area contributed by atoms with Crippen molar-refractivity contribution in [2.75, 3.05) is 45.9 Å². The second kappa shape index (κ2) is 9.75. The fraction of sp³-hybridized carbons (Fsp3) is 0.833. The average molecular weight is 419 g/mol. The van der Waals surface area contributed by atoms with Crippen LogP contribution in [0.5, 0.6) is 0 Å². The number of aryl methyl sites for hydroxylation is 1. The van der Waals surface area contributed by atoms with Crippen LogP contribution in [0.25, 0.3) is 0 Å². The molecule has 164 valence electrons. The van der Waals surface area contributed by atoms with E-state index in [1.165, 1.54) is 4.68 Å². The van der Waals surface area contributed by atoms with Crippen molar-refractivity contribution in [3.05, 3.63) is 16.3 Å². The number of amides is 1. The van der Waals surface area contributed by atoms with E-state index in [9.17, 15) is 22.8 Å². The van der Waals surface area contributed by atoms with Crippen molar-refractivity contribution in [3.8, 4) is 0 Å². The first-order valence-corrected chi connectivity index (χ1v) is 10.1. The first-order chi connectivity index (χ1) is 13.8. The van der Waals surface area contributed by atoms with Gasteiger partial charge in [0.15, 0.2) is 0 Å². The molecule has 0 spiro atoms. The number of halogens is 3. The van der Waals surface area contributed by atoms with Crippen molar-refractivity contribution in [3.63, 3.8) is 0 Å². The summed E-state index contributed by atoms with van der Waals surface area (Å²) >= 11 is 0. The van der Waals surface area contributed by atoms with Crippen LogP contribution in [-0.4, -0.2) is 82.2 Å². The molecule has 2 aliphatic rings. The number of fused-ring (bicyclic) bond motifs is 1. The van der Waals surface area contributed by atoms with Gasteiger partial charge in [-0.1, -0.05) is 6.42 Å². The van der Waals surface area contributed by atoms with Gasteiger partial charge in [0.05, 0.1) is 0 Å². The molecule has 0 unspecified atom stereocenters. The fourth-order valence-corrected chi connectivity index (χ4v) is 3.76. The Kier molecular flexibility index (Phi) is 7.33. The van der Waals surface area contributed by atoms with E-state index in [-0.39, 0.29) is 24.7 Å². The zero-order chi connectivity index (χ0) is 20.9. The number of rotatable bonds is 7. The van der Waals surface area contributed by atoms with Gasteiger partial charge in [-0.15, -0.1) is 0 Å². The zero-order valence-corrected chi connectivity index (χ0v) is 16.5. The van der Waals surface area contributed by atoms with Gasteiger partial charge in [-0.05, 0) is 19.3 Å². The molecule has 3 rings (SSSR count). The molecule has 0 aliphatic carbocycles. The zero-order valence-electron chi connectivity index (χ0n) is 16.5. The van der Waals surface area contributed by atoms with Crippen LogP contribution in [0.15, 0.2) is 4.79 Å². The third-order valence-corrected chi connectivity index (χ3v) is 5.32. The second-order valence-corrected chi connectivity index (χ2v) is 7.56. The normalized spacial score (nSPS) is 18.5. The van der Waals surface area contributed by atoms with Gasteiger partial charge >= 0.3 is 11.9 Å². The molecular weight excluding hydrogens is 391 g/mol. The molecule has 1 fully saturated rings. The monoisotopic (exact) mass is 419 g/mol. The number of aromatic nitrogens is 3. The molecule has 1 aromatic rings. The number of hydrogen-bond donors (Lipinski definition) is 0. The maximum atomic E-state index is 12.6. The Morgan fingerprint density at radius 2 is 1.83 bits per heavy atom. The van der Waals surface area contributed by atoms with Gasteiger partial charge in [-0.25, -0.2) is 9.48 Å². The number of carbonyl (C=O) groups excluding carboxylic acids is 1. The smallest absolute Gasteiger partial charge is 0.372 e. The minimum Gasteiger partial charge on any atom is -0.372 e. The number of alkyl halides is 3. The molecule has 0 bridgehead atoms. The molecular formula is C18H28F3N5O3. The molecule has 1 amide bonds. The Hall–Kier alpha value is -1.88. The highest BCUT2D eigenvalue weighted by molar-refractivity contribution is 5.76. The van der Waals surface area contributed by atoms with Crippen molar-refractivity contribution in [1.29, 1.82) is 0 Å². The van der Waals surface area contributed by atoms with E-state index in [1.807, 2.05) is 0 Å². The predicted octanol–water partition coefficient (Wildman–Crippen LogP) is 0.884. The van der Waals surface area contributed by atoms with E-state index in [2.05, 4.69) is 14.7 Å². The highest BCUT2D eigenvalue weighted by Gasteiger charge is 2.27. The molecule has 1 saturated heterocycles. The Morgan fingerprint density at radius 1 is 1.07 bits per heavy atom. The molecule has 0 aromatic carbocycles. The van der Waals surface area contributed by atoms with Crippen LogP contribution in [-0.2, 0) is 29.0 Å². The van der Waals surface area contributed by atoms with Crippen LogP contribution < -0.4 is 5.69 Å². The summed E-state index contributed by atoms with van der Waals surface area (Å²) in [5, 5.41) is 4.35. The molecule has 8 nitrogen and oxygen atoms in total. The van der Waals surface area contributed by atoms with Crippen LogP contribution >= 0.6 is 0 Å². The van der Waals surface area contributed by atoms with E-state index in [0.29, 0.717) is 45.7 Å². The SMILES string of the molecule is O=C(Cn1nc2n(c1=O)CCCCC2)N1CCN(CCCOCC(F)(F)F)CC1. The van der Waals surface area contributed by atoms with Crippen molar-refractivity contribution in [2.45, 2.75) is 51.4 Å². The van der Waals surface area contributed by atoms with Crippen LogP contribution in [0.1, 0.15) is 31.5 Å². The summed E-state index contributed by atoms with van der Waals surface area (Å²) in [6.45, 7) is 2.46. The second-order valence-electron chi connectivity index (χ2n) is 7.56. The standard InChI is InChI=1S/C18H28F3N5O3/c19-18(20,21)14-29-12-4-6-23-8-10-24(11-9-23)16(27)13-26-17(28)25-7-3-1-2-5-15(25)22-26/h1-14H2. The quantitative estimate of drug-likeness (QED) is 0.614. The topological polar surface area (TPSA) is 72.6 Å². The van der Waals surface area contributed by atoms with Crippen molar-refractivity contribution in [2.24, 2.45) is 0 Å². The van der Waals surface area contributed by atoms with E-state index in [1.54, 1.807) is 9.47 Å². The van der Waals surface area contributed by atoms with Gasteiger partial charge in [0.1, 0.15) is 19.0 Å². The Labute approximate surface area is 167 Å². The largest absolute Gasteiger partial charge is 0.411 e. The summed E-state index contributed by atoms with van der Waals surface area (Å²) in [4.78, 5) is 28.9. The van der Waals surface area contributed by atoms with Crippen LogP contribution in [0.3, 0.4) is 0 Å². The molecule has 0 atom stereocenters. The lowest BCUT2D eigenvalue weighted by molar-refractivity contribution is -0.174. The minimum absolute atomic E-state index is 0.0515. The van der Waals surface area contributed by atoms with E-state index in [0.717, 1.165) is 31.5 Å². The first kappa shape index (κ1) is 21.8. The van der Waals surface area contributed by atoms with Crippen LogP contribution in [0.2, 0.25) is 0 Å². The van der Waals surface area contributed by atoms with Gasteiger partial charge in [-0.2, -0.15) is 18.3 Å². The fourth-order valence-electron chi connectivity index (χ4n) is 3.76. The number of hydrogen-bond acceptors (Lipinski definition) is 5. The molecule has 29 heavy (non-hydrogen) atoms. The molecule has 1 aromatic heterocycles. The summed E-state index contributed by atoms with van der Waals surface area (Å²) < 4.78 is 43.6. The molecule has 0 radical (unpaired) electrons. The Bertz CT molecular complexity index is 738. The highest BCUT2D eigenvalue weighted by Crippen LogP contribution is 2.14. The Morgan fingerprint density at radius 3 is 2.55 bits per heavy atom. The lowest BCUT2D eigenvalue weighted by atomic mass is 10.2. The maximum Gasteiger partial charge on any atom is 0.411 e.